The molecule has 0 amide bonds. The van der Waals surface area contributed by atoms with Gasteiger partial charge in [-0.15, -0.1) is 0 Å². The summed E-state index contributed by atoms with van der Waals surface area (Å²) in [4.78, 5) is 0. The zero-order chi connectivity index (χ0) is 11.6. The Morgan fingerprint density at radius 1 is 1.19 bits per heavy atom. The lowest BCUT2D eigenvalue weighted by Gasteiger charge is -2.17. The number of likely N-dealkylation sites (N-methyl/N-ethyl adjacent to an activating group) is 1. The van der Waals surface area contributed by atoms with Gasteiger partial charge in [0.2, 0.25) is 0 Å². The monoisotopic (exact) mass is 221 g/mol. The van der Waals surface area contributed by atoms with Gasteiger partial charge in [0.1, 0.15) is 0 Å². The summed E-state index contributed by atoms with van der Waals surface area (Å²) in [7, 11) is 1.96. The molecule has 1 atom stereocenters. The first-order valence-electron chi connectivity index (χ1n) is 6.19. The Kier molecular flexibility index (Phi) is 6.86. The van der Waals surface area contributed by atoms with Crippen LogP contribution in [0.25, 0.3) is 0 Å². The molecule has 1 unspecified atom stereocenters. The summed E-state index contributed by atoms with van der Waals surface area (Å²) in [5, 5.41) is 3.18. The third-order valence-corrected chi connectivity index (χ3v) is 2.63. The third-order valence-electron chi connectivity index (χ3n) is 2.63. The van der Waals surface area contributed by atoms with Crippen LogP contribution in [0.1, 0.15) is 37.9 Å². The van der Waals surface area contributed by atoms with Crippen molar-refractivity contribution in [3.8, 4) is 0 Å². The van der Waals surface area contributed by atoms with Gasteiger partial charge in [-0.25, -0.2) is 0 Å². The van der Waals surface area contributed by atoms with Crippen LogP contribution in [0.3, 0.4) is 0 Å². The second-order valence-electron chi connectivity index (χ2n) is 4.03. The minimum Gasteiger partial charge on any atom is -0.372 e. The normalized spacial score (nSPS) is 12.6. The van der Waals surface area contributed by atoms with Crippen molar-refractivity contribution in [1.29, 1.82) is 0 Å². The van der Waals surface area contributed by atoms with Crippen molar-refractivity contribution in [3.63, 3.8) is 0 Å². The molecule has 0 bridgehead atoms. The van der Waals surface area contributed by atoms with Gasteiger partial charge in [-0.1, -0.05) is 50.1 Å². The molecule has 0 fully saturated rings. The van der Waals surface area contributed by atoms with Gasteiger partial charge < -0.3 is 10.1 Å². The lowest BCUT2D eigenvalue weighted by Crippen LogP contribution is -2.20. The van der Waals surface area contributed by atoms with E-state index in [-0.39, 0.29) is 6.10 Å². The summed E-state index contributed by atoms with van der Waals surface area (Å²) in [6, 6.07) is 10.4. The first-order chi connectivity index (χ1) is 7.88. The fourth-order valence-electron chi connectivity index (χ4n) is 1.70. The molecule has 0 saturated carbocycles. The molecule has 0 aliphatic carbocycles. The molecule has 2 heteroatoms. The molecule has 0 aromatic heterocycles. The van der Waals surface area contributed by atoms with E-state index in [2.05, 4.69) is 36.5 Å². The van der Waals surface area contributed by atoms with Crippen molar-refractivity contribution in [2.45, 2.75) is 32.3 Å². The second-order valence-corrected chi connectivity index (χ2v) is 4.03. The van der Waals surface area contributed by atoms with Crippen molar-refractivity contribution in [3.05, 3.63) is 35.9 Å². The predicted octanol–water partition coefficient (Wildman–Crippen LogP) is 3.15. The first kappa shape index (κ1) is 13.2. The Labute approximate surface area is 99.0 Å². The molecular formula is C14H23NO. The lowest BCUT2D eigenvalue weighted by molar-refractivity contribution is 0.0513. The van der Waals surface area contributed by atoms with Crippen LogP contribution in [-0.4, -0.2) is 20.2 Å². The van der Waals surface area contributed by atoms with Gasteiger partial charge in [0.15, 0.2) is 0 Å². The van der Waals surface area contributed by atoms with Crippen LogP contribution in [0.15, 0.2) is 30.3 Å². The molecule has 1 N–H and O–H groups in total. The van der Waals surface area contributed by atoms with Crippen molar-refractivity contribution >= 4 is 0 Å². The Morgan fingerprint density at radius 2 is 1.94 bits per heavy atom. The summed E-state index contributed by atoms with van der Waals surface area (Å²) in [5.74, 6) is 0. The Bertz CT molecular complexity index is 261. The van der Waals surface area contributed by atoms with Gasteiger partial charge in [-0.2, -0.15) is 0 Å². The van der Waals surface area contributed by atoms with Crippen LogP contribution in [0.2, 0.25) is 0 Å². The molecule has 0 saturated heterocycles. The minimum atomic E-state index is 0.183. The van der Waals surface area contributed by atoms with Crippen molar-refractivity contribution in [2.24, 2.45) is 0 Å². The van der Waals surface area contributed by atoms with Gasteiger partial charge >= 0.3 is 0 Å². The SMILES string of the molecule is CCCCCOC(CNC)c1ccccc1. The van der Waals surface area contributed by atoms with Gasteiger partial charge in [0, 0.05) is 13.2 Å². The average molecular weight is 221 g/mol. The van der Waals surface area contributed by atoms with E-state index in [0.717, 1.165) is 19.6 Å². The average Bonchev–Trinajstić information content (AvgIpc) is 2.34. The molecule has 0 spiro atoms. The van der Waals surface area contributed by atoms with E-state index < -0.39 is 0 Å². The van der Waals surface area contributed by atoms with E-state index >= 15 is 0 Å². The van der Waals surface area contributed by atoms with Crippen molar-refractivity contribution in [2.75, 3.05) is 20.2 Å². The molecule has 0 radical (unpaired) electrons. The summed E-state index contributed by atoms with van der Waals surface area (Å²) in [6.07, 6.45) is 3.83. The summed E-state index contributed by atoms with van der Waals surface area (Å²) in [5.41, 5.74) is 1.26. The highest BCUT2D eigenvalue weighted by atomic mass is 16.5. The second kappa shape index (κ2) is 8.31. The topological polar surface area (TPSA) is 21.3 Å². The standard InChI is InChI=1S/C14H23NO/c1-3-4-8-11-16-14(12-15-2)13-9-6-5-7-10-13/h5-7,9-10,14-15H,3-4,8,11-12H2,1-2H3. The van der Waals surface area contributed by atoms with E-state index in [1.807, 2.05) is 13.1 Å². The molecule has 0 aliphatic heterocycles. The van der Waals surface area contributed by atoms with Gasteiger partial charge in [-0.3, -0.25) is 0 Å². The molecule has 2 nitrogen and oxygen atoms in total. The van der Waals surface area contributed by atoms with Crippen molar-refractivity contribution < 1.29 is 4.74 Å². The minimum absolute atomic E-state index is 0.183. The number of ether oxygens (including phenoxy) is 1. The fraction of sp³-hybridized carbons (Fsp3) is 0.571. The maximum atomic E-state index is 5.91. The molecule has 90 valence electrons. The van der Waals surface area contributed by atoms with Crippen LogP contribution in [-0.2, 0) is 4.74 Å². The Morgan fingerprint density at radius 3 is 2.56 bits per heavy atom. The zero-order valence-electron chi connectivity index (χ0n) is 10.4. The Balaban J connectivity index is 2.41. The van der Waals surface area contributed by atoms with Crippen molar-refractivity contribution in [1.82, 2.24) is 5.32 Å². The van der Waals surface area contributed by atoms with E-state index in [1.165, 1.54) is 18.4 Å². The summed E-state index contributed by atoms with van der Waals surface area (Å²) < 4.78 is 5.91. The smallest absolute Gasteiger partial charge is 0.0949 e. The van der Waals surface area contributed by atoms with E-state index in [4.69, 9.17) is 4.74 Å². The number of nitrogens with one attached hydrogen (secondary N) is 1. The zero-order valence-corrected chi connectivity index (χ0v) is 10.4. The van der Waals surface area contributed by atoms with E-state index in [0.29, 0.717) is 0 Å². The van der Waals surface area contributed by atoms with Gasteiger partial charge in [-0.05, 0) is 19.0 Å². The largest absolute Gasteiger partial charge is 0.372 e. The fourth-order valence-corrected chi connectivity index (χ4v) is 1.70. The summed E-state index contributed by atoms with van der Waals surface area (Å²) >= 11 is 0. The summed E-state index contributed by atoms with van der Waals surface area (Å²) in [6.45, 7) is 3.94. The predicted molar refractivity (Wildman–Crippen MR) is 68.6 cm³/mol. The molecule has 16 heavy (non-hydrogen) atoms. The van der Waals surface area contributed by atoms with Crippen LogP contribution in [0.5, 0.6) is 0 Å². The number of hydrogen-bond donors (Lipinski definition) is 1. The highest BCUT2D eigenvalue weighted by molar-refractivity contribution is 5.17. The number of benzene rings is 1. The number of rotatable bonds is 8. The van der Waals surface area contributed by atoms with Crippen LogP contribution in [0, 0.1) is 0 Å². The quantitative estimate of drug-likeness (QED) is 0.681. The maximum Gasteiger partial charge on any atom is 0.0949 e. The Hall–Kier alpha value is -0.860. The molecule has 1 aromatic carbocycles. The third kappa shape index (κ3) is 4.77. The first-order valence-corrected chi connectivity index (χ1v) is 6.19. The maximum absolute atomic E-state index is 5.91. The molecule has 0 aliphatic rings. The lowest BCUT2D eigenvalue weighted by atomic mass is 10.1. The van der Waals surface area contributed by atoms with E-state index in [9.17, 15) is 0 Å². The highest BCUT2D eigenvalue weighted by Gasteiger charge is 2.09. The molecule has 1 rings (SSSR count). The molecular weight excluding hydrogens is 198 g/mol. The van der Waals surface area contributed by atoms with Crippen LogP contribution in [0.4, 0.5) is 0 Å². The van der Waals surface area contributed by atoms with Crippen LogP contribution < -0.4 is 5.32 Å². The van der Waals surface area contributed by atoms with Gasteiger partial charge in [0.25, 0.3) is 0 Å². The number of hydrogen-bond acceptors (Lipinski definition) is 2. The van der Waals surface area contributed by atoms with Crippen LogP contribution >= 0.6 is 0 Å². The van der Waals surface area contributed by atoms with E-state index in [1.54, 1.807) is 0 Å². The number of unbranched alkanes of at least 4 members (excludes halogenated alkanes) is 2. The highest BCUT2D eigenvalue weighted by Crippen LogP contribution is 2.16. The molecule has 1 aromatic rings. The molecule has 0 heterocycles. The van der Waals surface area contributed by atoms with Gasteiger partial charge in [0.05, 0.1) is 6.10 Å².